The molecular formula is C15H13FO2. The van der Waals surface area contributed by atoms with Crippen LogP contribution in [0.25, 0.3) is 0 Å². The van der Waals surface area contributed by atoms with Crippen molar-refractivity contribution in [3.8, 4) is 11.5 Å². The molecule has 0 heterocycles. The van der Waals surface area contributed by atoms with Gasteiger partial charge < -0.3 is 4.74 Å². The molecule has 0 unspecified atom stereocenters. The molecule has 0 spiro atoms. The zero-order chi connectivity index (χ0) is 13.1. The molecule has 0 aromatic heterocycles. The van der Waals surface area contributed by atoms with Gasteiger partial charge in [0.15, 0.2) is 6.29 Å². The lowest BCUT2D eigenvalue weighted by atomic mass is 10.1. The summed E-state index contributed by atoms with van der Waals surface area (Å²) in [6, 6.07) is 9.63. The zero-order valence-electron chi connectivity index (χ0n) is 10.2. The average molecular weight is 244 g/mol. The molecule has 0 aliphatic rings. The molecule has 18 heavy (non-hydrogen) atoms. The summed E-state index contributed by atoms with van der Waals surface area (Å²) in [5, 5.41) is 0. The van der Waals surface area contributed by atoms with E-state index in [0.717, 1.165) is 17.2 Å². The Hall–Kier alpha value is -2.16. The number of carbonyl (C=O) groups excluding carboxylic acids is 1. The van der Waals surface area contributed by atoms with Crippen molar-refractivity contribution in [3.05, 3.63) is 58.9 Å². The first kappa shape index (κ1) is 12.3. The minimum absolute atomic E-state index is 0.204. The first-order valence-electron chi connectivity index (χ1n) is 5.60. The highest BCUT2D eigenvalue weighted by molar-refractivity contribution is 5.79. The fraction of sp³-hybridized carbons (Fsp3) is 0.133. The third-order valence-electron chi connectivity index (χ3n) is 2.65. The van der Waals surface area contributed by atoms with E-state index in [4.69, 9.17) is 4.74 Å². The molecule has 2 rings (SSSR count). The molecule has 0 radical (unpaired) electrons. The predicted octanol–water partition coefficient (Wildman–Crippen LogP) is 4.05. The van der Waals surface area contributed by atoms with Gasteiger partial charge in [-0.15, -0.1) is 0 Å². The molecular weight excluding hydrogens is 231 g/mol. The Kier molecular flexibility index (Phi) is 3.42. The van der Waals surface area contributed by atoms with E-state index in [2.05, 4.69) is 0 Å². The standard InChI is InChI=1S/C15H13FO2/c1-10-3-5-14(11(2)7-10)18-15-6-4-13(16)8-12(15)9-17/h3-9H,1-2H3. The largest absolute Gasteiger partial charge is 0.456 e. The van der Waals surface area contributed by atoms with Crippen LogP contribution in [0, 0.1) is 19.7 Å². The number of ether oxygens (including phenoxy) is 1. The summed E-state index contributed by atoms with van der Waals surface area (Å²) < 4.78 is 18.6. The van der Waals surface area contributed by atoms with Gasteiger partial charge in [0.1, 0.15) is 17.3 Å². The van der Waals surface area contributed by atoms with Gasteiger partial charge in [-0.25, -0.2) is 4.39 Å². The fourth-order valence-electron chi connectivity index (χ4n) is 1.74. The fourth-order valence-corrected chi connectivity index (χ4v) is 1.74. The molecule has 2 aromatic carbocycles. The molecule has 0 amide bonds. The van der Waals surface area contributed by atoms with Crippen molar-refractivity contribution in [1.82, 2.24) is 0 Å². The highest BCUT2D eigenvalue weighted by Gasteiger charge is 2.07. The van der Waals surface area contributed by atoms with Gasteiger partial charge in [0, 0.05) is 0 Å². The van der Waals surface area contributed by atoms with Crippen molar-refractivity contribution in [1.29, 1.82) is 0 Å². The van der Waals surface area contributed by atoms with E-state index in [0.29, 0.717) is 17.8 Å². The van der Waals surface area contributed by atoms with Crippen molar-refractivity contribution in [2.75, 3.05) is 0 Å². The lowest BCUT2D eigenvalue weighted by Gasteiger charge is -2.11. The smallest absolute Gasteiger partial charge is 0.153 e. The second-order valence-corrected chi connectivity index (χ2v) is 4.17. The van der Waals surface area contributed by atoms with E-state index in [9.17, 15) is 9.18 Å². The van der Waals surface area contributed by atoms with Crippen LogP contribution in [0.2, 0.25) is 0 Å². The second kappa shape index (κ2) is 5.00. The molecule has 0 saturated heterocycles. The number of hydrogen-bond donors (Lipinski definition) is 0. The molecule has 0 atom stereocenters. The van der Waals surface area contributed by atoms with Crippen LogP contribution in [-0.2, 0) is 0 Å². The normalized spacial score (nSPS) is 10.2. The average Bonchev–Trinajstić information content (AvgIpc) is 2.34. The Balaban J connectivity index is 2.36. The van der Waals surface area contributed by atoms with Crippen LogP contribution in [0.15, 0.2) is 36.4 Å². The van der Waals surface area contributed by atoms with Crippen LogP contribution < -0.4 is 4.74 Å². The number of benzene rings is 2. The van der Waals surface area contributed by atoms with Crippen LogP contribution in [0.4, 0.5) is 4.39 Å². The van der Waals surface area contributed by atoms with Gasteiger partial charge in [-0.05, 0) is 43.7 Å². The van der Waals surface area contributed by atoms with Gasteiger partial charge in [-0.3, -0.25) is 4.79 Å². The van der Waals surface area contributed by atoms with E-state index in [1.807, 2.05) is 32.0 Å². The first-order valence-corrected chi connectivity index (χ1v) is 5.60. The maximum atomic E-state index is 13.0. The molecule has 92 valence electrons. The van der Waals surface area contributed by atoms with Gasteiger partial charge in [-0.1, -0.05) is 17.7 Å². The van der Waals surface area contributed by atoms with Crippen LogP contribution in [0.1, 0.15) is 21.5 Å². The molecule has 0 aliphatic heterocycles. The molecule has 2 aromatic rings. The van der Waals surface area contributed by atoms with E-state index < -0.39 is 5.82 Å². The Morgan fingerprint density at radius 3 is 2.44 bits per heavy atom. The number of hydrogen-bond acceptors (Lipinski definition) is 2. The summed E-state index contributed by atoms with van der Waals surface area (Å²) >= 11 is 0. The van der Waals surface area contributed by atoms with Crippen molar-refractivity contribution in [2.45, 2.75) is 13.8 Å². The van der Waals surface area contributed by atoms with Gasteiger partial charge in [0.2, 0.25) is 0 Å². The number of halogens is 1. The van der Waals surface area contributed by atoms with E-state index in [-0.39, 0.29) is 5.56 Å². The SMILES string of the molecule is Cc1ccc(Oc2ccc(F)cc2C=O)c(C)c1. The van der Waals surface area contributed by atoms with Crippen molar-refractivity contribution >= 4 is 6.29 Å². The third kappa shape index (κ3) is 2.56. The molecule has 0 N–H and O–H groups in total. The highest BCUT2D eigenvalue weighted by atomic mass is 19.1. The van der Waals surface area contributed by atoms with E-state index in [1.54, 1.807) is 0 Å². The summed E-state index contributed by atoms with van der Waals surface area (Å²) in [5.74, 6) is 0.568. The first-order chi connectivity index (χ1) is 8.60. The summed E-state index contributed by atoms with van der Waals surface area (Å²) in [6.07, 6.45) is 0.585. The molecule has 2 nitrogen and oxygen atoms in total. The molecule has 0 bridgehead atoms. The number of aldehydes is 1. The van der Waals surface area contributed by atoms with Crippen molar-refractivity contribution in [3.63, 3.8) is 0 Å². The summed E-state index contributed by atoms with van der Waals surface area (Å²) in [7, 11) is 0. The number of carbonyl (C=O) groups is 1. The quantitative estimate of drug-likeness (QED) is 0.761. The third-order valence-corrected chi connectivity index (χ3v) is 2.65. The summed E-state index contributed by atoms with van der Waals surface area (Å²) in [5.41, 5.74) is 2.31. The lowest BCUT2D eigenvalue weighted by Crippen LogP contribution is -1.93. The topological polar surface area (TPSA) is 26.3 Å². The molecule has 3 heteroatoms. The number of rotatable bonds is 3. The zero-order valence-corrected chi connectivity index (χ0v) is 10.2. The maximum absolute atomic E-state index is 13.0. The second-order valence-electron chi connectivity index (χ2n) is 4.17. The minimum Gasteiger partial charge on any atom is -0.456 e. The Labute approximate surface area is 105 Å². The van der Waals surface area contributed by atoms with Crippen molar-refractivity contribution in [2.24, 2.45) is 0 Å². The van der Waals surface area contributed by atoms with Crippen LogP contribution in [0.5, 0.6) is 11.5 Å². The Morgan fingerprint density at radius 1 is 1.06 bits per heavy atom. The lowest BCUT2D eigenvalue weighted by molar-refractivity contribution is 0.112. The van der Waals surface area contributed by atoms with Crippen LogP contribution in [-0.4, -0.2) is 6.29 Å². The highest BCUT2D eigenvalue weighted by Crippen LogP contribution is 2.28. The van der Waals surface area contributed by atoms with Crippen molar-refractivity contribution < 1.29 is 13.9 Å². The van der Waals surface area contributed by atoms with Gasteiger partial charge >= 0.3 is 0 Å². The van der Waals surface area contributed by atoms with Gasteiger partial charge in [0.05, 0.1) is 5.56 Å². The summed E-state index contributed by atoms with van der Waals surface area (Å²) in [6.45, 7) is 3.91. The summed E-state index contributed by atoms with van der Waals surface area (Å²) in [4.78, 5) is 10.9. The molecule has 0 fully saturated rings. The Morgan fingerprint density at radius 2 is 1.78 bits per heavy atom. The number of aryl methyl sites for hydroxylation is 2. The monoisotopic (exact) mass is 244 g/mol. The van der Waals surface area contributed by atoms with Gasteiger partial charge in [0.25, 0.3) is 0 Å². The molecule has 0 aliphatic carbocycles. The minimum atomic E-state index is -0.454. The van der Waals surface area contributed by atoms with Crippen LogP contribution in [0.3, 0.4) is 0 Å². The molecule has 0 saturated carbocycles. The Bertz CT molecular complexity index is 591. The predicted molar refractivity (Wildman–Crippen MR) is 67.8 cm³/mol. The van der Waals surface area contributed by atoms with E-state index in [1.165, 1.54) is 12.1 Å². The van der Waals surface area contributed by atoms with Gasteiger partial charge in [-0.2, -0.15) is 0 Å². The maximum Gasteiger partial charge on any atom is 0.153 e. The van der Waals surface area contributed by atoms with Crippen LogP contribution >= 0.6 is 0 Å². The van der Waals surface area contributed by atoms with E-state index >= 15 is 0 Å².